The number of morpholine rings is 1. The number of anilines is 1. The van der Waals surface area contributed by atoms with Crippen LogP contribution >= 0.6 is 0 Å². The van der Waals surface area contributed by atoms with E-state index in [9.17, 15) is 4.79 Å². The Labute approximate surface area is 143 Å². The number of hydrogen-bond donors (Lipinski definition) is 1. The molecular formula is C19H26N2O3. The largest absolute Gasteiger partial charge is 0.377 e. The molecule has 1 aromatic carbocycles. The number of ether oxygens (including phenoxy) is 2. The minimum absolute atomic E-state index is 0.0372. The Morgan fingerprint density at radius 1 is 1.42 bits per heavy atom. The summed E-state index contributed by atoms with van der Waals surface area (Å²) >= 11 is 0. The summed E-state index contributed by atoms with van der Waals surface area (Å²) in [6.45, 7) is 8.15. The van der Waals surface area contributed by atoms with Crippen LogP contribution in [0.3, 0.4) is 0 Å². The van der Waals surface area contributed by atoms with Crippen molar-refractivity contribution in [2.75, 3.05) is 31.7 Å². The third-order valence-corrected chi connectivity index (χ3v) is 4.85. The number of amides is 2. The molecule has 2 fully saturated rings. The molecular weight excluding hydrogens is 304 g/mol. The Hall–Kier alpha value is -1.85. The molecule has 5 nitrogen and oxygen atoms in total. The smallest absolute Gasteiger partial charge is 0.322 e. The van der Waals surface area contributed by atoms with Crippen LogP contribution in [0.1, 0.15) is 18.4 Å². The summed E-state index contributed by atoms with van der Waals surface area (Å²) in [6, 6.07) is 7.98. The molecule has 0 radical (unpaired) electrons. The maximum absolute atomic E-state index is 12.7. The van der Waals surface area contributed by atoms with Crippen LogP contribution < -0.4 is 5.32 Å². The van der Waals surface area contributed by atoms with E-state index in [1.807, 2.05) is 36.1 Å². The highest BCUT2D eigenvalue weighted by Crippen LogP contribution is 2.35. The number of nitrogens with one attached hydrogen (secondary N) is 1. The third-order valence-electron chi connectivity index (χ3n) is 4.85. The van der Waals surface area contributed by atoms with Crippen LogP contribution in [0.25, 0.3) is 0 Å². The third kappa shape index (κ3) is 3.79. The molecule has 0 aromatic heterocycles. The fourth-order valence-corrected chi connectivity index (χ4v) is 3.63. The summed E-state index contributed by atoms with van der Waals surface area (Å²) < 4.78 is 11.6. The topological polar surface area (TPSA) is 50.8 Å². The Morgan fingerprint density at radius 2 is 2.21 bits per heavy atom. The Morgan fingerprint density at radius 3 is 2.96 bits per heavy atom. The molecule has 1 aliphatic heterocycles. The second kappa shape index (κ2) is 7.81. The van der Waals surface area contributed by atoms with Crippen LogP contribution in [0.5, 0.6) is 0 Å². The van der Waals surface area contributed by atoms with Crippen LogP contribution in [0.2, 0.25) is 0 Å². The van der Waals surface area contributed by atoms with Crippen molar-refractivity contribution in [2.45, 2.75) is 31.9 Å². The van der Waals surface area contributed by atoms with Gasteiger partial charge < -0.3 is 19.7 Å². The lowest BCUT2D eigenvalue weighted by Crippen LogP contribution is -2.54. The molecule has 3 rings (SSSR count). The lowest BCUT2D eigenvalue weighted by atomic mass is 10.0. The van der Waals surface area contributed by atoms with Crippen LogP contribution in [0.4, 0.5) is 10.5 Å². The van der Waals surface area contributed by atoms with Gasteiger partial charge in [-0.1, -0.05) is 23.8 Å². The average molecular weight is 330 g/mol. The molecule has 2 aliphatic rings. The van der Waals surface area contributed by atoms with E-state index in [0.29, 0.717) is 32.3 Å². The first kappa shape index (κ1) is 17.0. The van der Waals surface area contributed by atoms with Gasteiger partial charge in [-0.05, 0) is 31.9 Å². The van der Waals surface area contributed by atoms with Crippen molar-refractivity contribution in [1.29, 1.82) is 0 Å². The molecule has 0 unspecified atom stereocenters. The van der Waals surface area contributed by atoms with E-state index in [4.69, 9.17) is 9.47 Å². The minimum atomic E-state index is -0.0372. The number of nitrogens with zero attached hydrogens (tertiary/aromatic N) is 1. The van der Waals surface area contributed by atoms with Crippen molar-refractivity contribution < 1.29 is 14.3 Å². The lowest BCUT2D eigenvalue weighted by molar-refractivity contribution is -0.0690. The van der Waals surface area contributed by atoms with Gasteiger partial charge in [0.15, 0.2) is 0 Å². The number of fused-ring (bicyclic) bond motifs is 1. The molecule has 0 spiro atoms. The molecule has 24 heavy (non-hydrogen) atoms. The van der Waals surface area contributed by atoms with E-state index in [1.54, 1.807) is 6.08 Å². The molecule has 1 saturated carbocycles. The van der Waals surface area contributed by atoms with E-state index < -0.39 is 0 Å². The Balaban J connectivity index is 1.60. The quantitative estimate of drug-likeness (QED) is 0.666. The van der Waals surface area contributed by atoms with Gasteiger partial charge in [-0.15, -0.1) is 6.58 Å². The number of rotatable bonds is 5. The summed E-state index contributed by atoms with van der Waals surface area (Å²) in [5.74, 6) is 0.352. The van der Waals surface area contributed by atoms with E-state index in [-0.39, 0.29) is 18.2 Å². The van der Waals surface area contributed by atoms with E-state index in [2.05, 4.69) is 11.9 Å². The van der Waals surface area contributed by atoms with Crippen molar-refractivity contribution in [3.8, 4) is 0 Å². The zero-order valence-electron chi connectivity index (χ0n) is 14.2. The number of carbonyl (C=O) groups is 1. The molecule has 1 N–H and O–H groups in total. The molecule has 2 amide bonds. The molecule has 1 heterocycles. The van der Waals surface area contributed by atoms with E-state index >= 15 is 0 Å². The summed E-state index contributed by atoms with van der Waals surface area (Å²) in [4.78, 5) is 14.6. The maximum atomic E-state index is 12.7. The van der Waals surface area contributed by atoms with Gasteiger partial charge in [-0.2, -0.15) is 0 Å². The Kier molecular flexibility index (Phi) is 5.53. The molecule has 1 aromatic rings. The predicted octanol–water partition coefficient (Wildman–Crippen LogP) is 3.21. The fourth-order valence-electron chi connectivity index (χ4n) is 3.63. The van der Waals surface area contributed by atoms with Crippen LogP contribution in [-0.2, 0) is 9.47 Å². The first-order valence-corrected chi connectivity index (χ1v) is 8.63. The van der Waals surface area contributed by atoms with E-state index in [1.165, 1.54) is 5.56 Å². The van der Waals surface area contributed by atoms with Gasteiger partial charge in [-0.3, -0.25) is 0 Å². The second-order valence-electron chi connectivity index (χ2n) is 6.56. The van der Waals surface area contributed by atoms with E-state index in [0.717, 1.165) is 18.5 Å². The van der Waals surface area contributed by atoms with Crippen molar-refractivity contribution in [3.63, 3.8) is 0 Å². The lowest BCUT2D eigenvalue weighted by Gasteiger charge is -2.39. The normalized spacial score (nSPS) is 26.0. The highest BCUT2D eigenvalue weighted by atomic mass is 16.5. The molecule has 0 bridgehead atoms. The highest BCUT2D eigenvalue weighted by Gasteiger charge is 2.44. The Bertz CT molecular complexity index is 572. The SMILES string of the molecule is C=CCOC[C@@H]1CC[C@@H]2[C@@H]1OCCN2C(=O)Nc1ccc(C)cc1. The molecule has 1 saturated heterocycles. The molecule has 1 aliphatic carbocycles. The molecule has 3 atom stereocenters. The van der Waals surface area contributed by atoms with Crippen LogP contribution in [-0.4, -0.2) is 49.4 Å². The number of urea groups is 1. The maximum Gasteiger partial charge on any atom is 0.322 e. The number of carbonyl (C=O) groups excluding carboxylic acids is 1. The van der Waals surface area contributed by atoms with Gasteiger partial charge in [-0.25, -0.2) is 4.79 Å². The van der Waals surface area contributed by atoms with Gasteiger partial charge >= 0.3 is 6.03 Å². The molecule has 5 heteroatoms. The summed E-state index contributed by atoms with van der Waals surface area (Å²) in [5, 5.41) is 3.01. The summed E-state index contributed by atoms with van der Waals surface area (Å²) in [6.07, 6.45) is 3.83. The second-order valence-corrected chi connectivity index (χ2v) is 6.56. The highest BCUT2D eigenvalue weighted by molar-refractivity contribution is 5.89. The fraction of sp³-hybridized carbons (Fsp3) is 0.526. The average Bonchev–Trinajstić information content (AvgIpc) is 3.00. The van der Waals surface area contributed by atoms with Crippen LogP contribution in [0, 0.1) is 12.8 Å². The molecule has 130 valence electrons. The van der Waals surface area contributed by atoms with Crippen molar-refractivity contribution in [1.82, 2.24) is 4.90 Å². The zero-order chi connectivity index (χ0) is 16.9. The predicted molar refractivity (Wildman–Crippen MR) is 94.2 cm³/mol. The van der Waals surface area contributed by atoms with Crippen molar-refractivity contribution >= 4 is 11.7 Å². The zero-order valence-corrected chi connectivity index (χ0v) is 14.2. The standard InChI is InChI=1S/C19H26N2O3/c1-3-11-23-13-15-6-9-17-18(15)24-12-10-21(17)19(22)20-16-7-4-14(2)5-8-16/h3-5,7-8,15,17-18H,1,6,9-13H2,2H3,(H,20,22)/t15-,17+,18+/m0/s1. The van der Waals surface area contributed by atoms with Gasteiger partial charge in [0.2, 0.25) is 0 Å². The van der Waals surface area contributed by atoms with Gasteiger partial charge in [0.25, 0.3) is 0 Å². The number of benzene rings is 1. The van der Waals surface area contributed by atoms with Gasteiger partial charge in [0.1, 0.15) is 0 Å². The van der Waals surface area contributed by atoms with Gasteiger partial charge in [0, 0.05) is 18.2 Å². The number of aryl methyl sites for hydroxylation is 1. The summed E-state index contributed by atoms with van der Waals surface area (Å²) in [5.41, 5.74) is 2.01. The van der Waals surface area contributed by atoms with Crippen LogP contribution in [0.15, 0.2) is 36.9 Å². The van der Waals surface area contributed by atoms with Gasteiger partial charge in [0.05, 0.1) is 32.0 Å². The first-order valence-electron chi connectivity index (χ1n) is 8.63. The van der Waals surface area contributed by atoms with Crippen molar-refractivity contribution in [3.05, 3.63) is 42.5 Å². The monoisotopic (exact) mass is 330 g/mol. The number of hydrogen-bond acceptors (Lipinski definition) is 3. The summed E-state index contributed by atoms with van der Waals surface area (Å²) in [7, 11) is 0. The minimum Gasteiger partial charge on any atom is -0.377 e. The van der Waals surface area contributed by atoms with Crippen molar-refractivity contribution in [2.24, 2.45) is 5.92 Å². The first-order chi connectivity index (χ1) is 11.7.